The van der Waals surface area contributed by atoms with E-state index in [1.54, 1.807) is 24.3 Å². The van der Waals surface area contributed by atoms with Crippen LogP contribution < -0.4 is 16.0 Å². The Bertz CT molecular complexity index is 752. The summed E-state index contributed by atoms with van der Waals surface area (Å²) in [6, 6.07) is 8.53. The van der Waals surface area contributed by atoms with Crippen LogP contribution in [0.15, 0.2) is 41.0 Å². The van der Waals surface area contributed by atoms with Gasteiger partial charge in [0.2, 0.25) is 0 Å². The van der Waals surface area contributed by atoms with Gasteiger partial charge in [0.05, 0.1) is 6.26 Å². The van der Waals surface area contributed by atoms with E-state index in [0.29, 0.717) is 17.8 Å². The standard InChI is InChI=1S/C19H24N4O3/c1-14-4-5-15(13-16(14)22-19(25)17-3-2-12-26-17)18(24)21-8-11-23-9-6-20-7-10-23/h2-5,12-13,20H,6-11H2,1H3,(H,21,24)(H,22,25). The first-order chi connectivity index (χ1) is 12.6. The minimum atomic E-state index is -0.339. The molecule has 3 rings (SSSR count). The molecular weight excluding hydrogens is 332 g/mol. The van der Waals surface area contributed by atoms with Gasteiger partial charge in [-0.1, -0.05) is 6.07 Å². The van der Waals surface area contributed by atoms with Crippen LogP contribution in [0.3, 0.4) is 0 Å². The normalized spacial score (nSPS) is 14.8. The van der Waals surface area contributed by atoms with E-state index < -0.39 is 0 Å². The van der Waals surface area contributed by atoms with Crippen molar-refractivity contribution >= 4 is 17.5 Å². The number of piperazine rings is 1. The molecule has 3 N–H and O–H groups in total. The van der Waals surface area contributed by atoms with Gasteiger partial charge in [0.1, 0.15) is 0 Å². The lowest BCUT2D eigenvalue weighted by Gasteiger charge is -2.27. The number of rotatable bonds is 6. The molecule has 1 aromatic carbocycles. The van der Waals surface area contributed by atoms with Crippen molar-refractivity contribution < 1.29 is 14.0 Å². The van der Waals surface area contributed by atoms with Crippen LogP contribution in [-0.2, 0) is 0 Å². The van der Waals surface area contributed by atoms with E-state index in [9.17, 15) is 9.59 Å². The van der Waals surface area contributed by atoms with Crippen LogP contribution in [0.2, 0.25) is 0 Å². The van der Waals surface area contributed by atoms with Gasteiger partial charge in [-0.05, 0) is 36.8 Å². The van der Waals surface area contributed by atoms with E-state index in [4.69, 9.17) is 4.42 Å². The van der Waals surface area contributed by atoms with Crippen molar-refractivity contribution in [1.29, 1.82) is 0 Å². The van der Waals surface area contributed by atoms with Gasteiger partial charge in [-0.2, -0.15) is 0 Å². The number of nitrogens with one attached hydrogen (secondary N) is 3. The molecule has 0 aliphatic carbocycles. The van der Waals surface area contributed by atoms with Crippen molar-refractivity contribution in [3.05, 3.63) is 53.5 Å². The summed E-state index contributed by atoms with van der Waals surface area (Å²) in [6.45, 7) is 7.30. The van der Waals surface area contributed by atoms with E-state index in [2.05, 4.69) is 20.9 Å². The van der Waals surface area contributed by atoms with Crippen LogP contribution in [0, 0.1) is 6.92 Å². The lowest BCUT2D eigenvalue weighted by molar-refractivity contribution is 0.0945. The maximum Gasteiger partial charge on any atom is 0.291 e. The number of anilines is 1. The average molecular weight is 356 g/mol. The first-order valence-corrected chi connectivity index (χ1v) is 8.80. The third-order valence-corrected chi connectivity index (χ3v) is 4.42. The third kappa shape index (κ3) is 4.71. The predicted molar refractivity (Wildman–Crippen MR) is 99.5 cm³/mol. The Morgan fingerprint density at radius 3 is 2.73 bits per heavy atom. The van der Waals surface area contributed by atoms with Gasteiger partial charge in [-0.15, -0.1) is 0 Å². The number of benzene rings is 1. The van der Waals surface area contributed by atoms with Gasteiger partial charge >= 0.3 is 0 Å². The molecule has 0 atom stereocenters. The number of furan rings is 1. The van der Waals surface area contributed by atoms with Gasteiger partial charge in [-0.3, -0.25) is 14.5 Å². The van der Waals surface area contributed by atoms with Crippen LogP contribution in [-0.4, -0.2) is 56.0 Å². The van der Waals surface area contributed by atoms with Crippen molar-refractivity contribution in [3.8, 4) is 0 Å². The molecule has 1 aliphatic heterocycles. The van der Waals surface area contributed by atoms with Crippen LogP contribution >= 0.6 is 0 Å². The van der Waals surface area contributed by atoms with Crippen molar-refractivity contribution in [2.45, 2.75) is 6.92 Å². The van der Waals surface area contributed by atoms with Crippen molar-refractivity contribution in [2.24, 2.45) is 0 Å². The van der Waals surface area contributed by atoms with E-state index >= 15 is 0 Å². The lowest BCUT2D eigenvalue weighted by atomic mass is 10.1. The van der Waals surface area contributed by atoms with Crippen LogP contribution in [0.5, 0.6) is 0 Å². The maximum atomic E-state index is 12.4. The Hall–Kier alpha value is -2.64. The summed E-state index contributed by atoms with van der Waals surface area (Å²) in [4.78, 5) is 26.9. The van der Waals surface area contributed by atoms with Crippen molar-refractivity contribution in [3.63, 3.8) is 0 Å². The minimum absolute atomic E-state index is 0.145. The van der Waals surface area contributed by atoms with Gasteiger partial charge in [0.25, 0.3) is 11.8 Å². The zero-order chi connectivity index (χ0) is 18.4. The van der Waals surface area contributed by atoms with Crippen LogP contribution in [0.25, 0.3) is 0 Å². The molecule has 1 aliphatic rings. The SMILES string of the molecule is Cc1ccc(C(=O)NCCN2CCNCC2)cc1NC(=O)c1ccco1. The lowest BCUT2D eigenvalue weighted by Crippen LogP contribution is -2.46. The fraction of sp³-hybridized carbons (Fsp3) is 0.368. The summed E-state index contributed by atoms with van der Waals surface area (Å²) in [5, 5.41) is 9.04. The summed E-state index contributed by atoms with van der Waals surface area (Å²) in [5.41, 5.74) is 1.99. The molecule has 138 valence electrons. The monoisotopic (exact) mass is 356 g/mol. The molecular formula is C19H24N4O3. The molecule has 0 bridgehead atoms. The summed E-state index contributed by atoms with van der Waals surface area (Å²) >= 11 is 0. The summed E-state index contributed by atoms with van der Waals surface area (Å²) in [5.74, 6) is -0.252. The summed E-state index contributed by atoms with van der Waals surface area (Å²) < 4.78 is 5.10. The zero-order valence-electron chi connectivity index (χ0n) is 14.9. The quantitative estimate of drug-likeness (QED) is 0.730. The van der Waals surface area contributed by atoms with Crippen molar-refractivity contribution in [1.82, 2.24) is 15.5 Å². The van der Waals surface area contributed by atoms with E-state index in [1.165, 1.54) is 6.26 Å². The number of amides is 2. The highest BCUT2D eigenvalue weighted by Crippen LogP contribution is 2.18. The zero-order valence-corrected chi connectivity index (χ0v) is 14.9. The molecule has 0 radical (unpaired) electrons. The Kier molecular flexibility index (Phi) is 6.04. The first-order valence-electron chi connectivity index (χ1n) is 8.80. The van der Waals surface area contributed by atoms with Crippen LogP contribution in [0.1, 0.15) is 26.5 Å². The fourth-order valence-corrected chi connectivity index (χ4v) is 2.85. The molecule has 1 saturated heterocycles. The van der Waals surface area contributed by atoms with Gasteiger partial charge < -0.3 is 20.4 Å². The molecule has 0 saturated carbocycles. The van der Waals surface area contributed by atoms with Gasteiger partial charge in [0, 0.05) is 50.5 Å². The fourth-order valence-electron chi connectivity index (χ4n) is 2.85. The molecule has 26 heavy (non-hydrogen) atoms. The van der Waals surface area contributed by atoms with E-state index in [-0.39, 0.29) is 17.6 Å². The van der Waals surface area contributed by atoms with Crippen LogP contribution in [0.4, 0.5) is 5.69 Å². The minimum Gasteiger partial charge on any atom is -0.459 e. The maximum absolute atomic E-state index is 12.4. The summed E-state index contributed by atoms with van der Waals surface area (Å²) in [6.07, 6.45) is 1.45. The molecule has 2 heterocycles. The number of carbonyl (C=O) groups is 2. The molecule has 2 amide bonds. The highest BCUT2D eigenvalue weighted by Gasteiger charge is 2.14. The van der Waals surface area contributed by atoms with E-state index in [0.717, 1.165) is 38.3 Å². The number of carbonyl (C=O) groups excluding carboxylic acids is 2. The molecule has 0 spiro atoms. The number of hydrogen-bond donors (Lipinski definition) is 3. The van der Waals surface area contributed by atoms with Gasteiger partial charge in [-0.25, -0.2) is 0 Å². The molecule has 0 unspecified atom stereocenters. The second kappa shape index (κ2) is 8.64. The third-order valence-electron chi connectivity index (χ3n) is 4.42. The molecule has 1 fully saturated rings. The van der Waals surface area contributed by atoms with Crippen molar-refractivity contribution in [2.75, 3.05) is 44.6 Å². The Balaban J connectivity index is 1.57. The Morgan fingerprint density at radius 1 is 1.19 bits per heavy atom. The second-order valence-corrected chi connectivity index (χ2v) is 6.31. The predicted octanol–water partition coefficient (Wildman–Crippen LogP) is 1.48. The Morgan fingerprint density at radius 2 is 2.00 bits per heavy atom. The molecule has 7 heteroatoms. The highest BCUT2D eigenvalue weighted by atomic mass is 16.3. The number of nitrogens with zero attached hydrogens (tertiary/aromatic N) is 1. The first kappa shape index (κ1) is 18.2. The van der Waals surface area contributed by atoms with E-state index in [1.807, 2.05) is 13.0 Å². The smallest absolute Gasteiger partial charge is 0.291 e. The topological polar surface area (TPSA) is 86.6 Å². The van der Waals surface area contributed by atoms with Gasteiger partial charge in [0.15, 0.2) is 5.76 Å². The second-order valence-electron chi connectivity index (χ2n) is 6.31. The molecule has 2 aromatic rings. The largest absolute Gasteiger partial charge is 0.459 e. The number of aryl methyl sites for hydroxylation is 1. The Labute approximate surface area is 152 Å². The molecule has 1 aromatic heterocycles. The highest BCUT2D eigenvalue weighted by molar-refractivity contribution is 6.03. The average Bonchev–Trinajstić information content (AvgIpc) is 3.19. The summed E-state index contributed by atoms with van der Waals surface area (Å²) in [7, 11) is 0. The number of hydrogen-bond acceptors (Lipinski definition) is 5. The molecule has 7 nitrogen and oxygen atoms in total.